The Morgan fingerprint density at radius 1 is 1.04 bits per heavy atom. The highest BCUT2D eigenvalue weighted by Crippen LogP contribution is 2.25. The highest BCUT2D eigenvalue weighted by Gasteiger charge is 2.15. The normalized spacial score (nSPS) is 11.0. The number of nitrogens with one attached hydrogen (secondary N) is 3. The average molecular weight is 418 g/mol. The molecule has 0 radical (unpaired) electrons. The van der Waals surface area contributed by atoms with E-state index < -0.39 is 10.0 Å². The summed E-state index contributed by atoms with van der Waals surface area (Å²) in [5, 5.41) is 7.20. The molecule has 0 saturated carbocycles. The van der Waals surface area contributed by atoms with E-state index in [0.29, 0.717) is 26.5 Å². The molecular weight excluding hydrogens is 401 g/mol. The van der Waals surface area contributed by atoms with Crippen LogP contribution >= 0.6 is 35.4 Å². The van der Waals surface area contributed by atoms with Crippen molar-refractivity contribution in [3.8, 4) is 0 Å². The summed E-state index contributed by atoms with van der Waals surface area (Å²) in [5.41, 5.74) is 0.989. The Morgan fingerprint density at radius 3 is 2.20 bits per heavy atom. The monoisotopic (exact) mass is 417 g/mol. The molecule has 25 heavy (non-hydrogen) atoms. The Morgan fingerprint density at radius 2 is 1.64 bits per heavy atom. The summed E-state index contributed by atoms with van der Waals surface area (Å²) in [5.74, 6) is 0. The third-order valence-corrected chi connectivity index (χ3v) is 5.15. The summed E-state index contributed by atoms with van der Waals surface area (Å²) in [6, 6.07) is 10.7. The summed E-state index contributed by atoms with van der Waals surface area (Å²) in [7, 11) is -3.75. The van der Waals surface area contributed by atoms with Crippen LogP contribution in [-0.2, 0) is 10.0 Å². The molecule has 0 heterocycles. The van der Waals surface area contributed by atoms with Gasteiger partial charge >= 0.3 is 0 Å². The van der Waals surface area contributed by atoms with Crippen LogP contribution in [-0.4, -0.2) is 20.1 Å². The molecule has 9 heteroatoms. The fourth-order valence-electron chi connectivity index (χ4n) is 1.96. The van der Waals surface area contributed by atoms with Gasteiger partial charge in [-0.25, -0.2) is 8.42 Å². The number of halogens is 2. The molecule has 3 N–H and O–H groups in total. The number of sulfonamides is 1. The summed E-state index contributed by atoms with van der Waals surface area (Å²) >= 11 is 16.9. The molecule has 0 aliphatic carbocycles. The number of anilines is 2. The number of hydrogen-bond acceptors (Lipinski definition) is 3. The summed E-state index contributed by atoms with van der Waals surface area (Å²) in [4.78, 5) is 0.113. The first-order chi connectivity index (χ1) is 11.8. The van der Waals surface area contributed by atoms with Crippen molar-refractivity contribution in [3.63, 3.8) is 0 Å². The van der Waals surface area contributed by atoms with Crippen LogP contribution in [0.4, 0.5) is 11.4 Å². The van der Waals surface area contributed by atoms with Crippen molar-refractivity contribution in [1.82, 2.24) is 5.32 Å². The van der Waals surface area contributed by atoms with Crippen LogP contribution in [0.3, 0.4) is 0 Å². The Bertz CT molecular complexity index is 836. The minimum absolute atomic E-state index is 0.113. The standard InChI is InChI=1S/C16H17Cl2N3O2S2/c1-2-7-19-16(24)20-13-3-5-15(6-4-13)25(22,23)21-14-9-11(17)8-12(18)10-14/h3-6,8-10,21H,2,7H2,1H3,(H2,19,20,24). The van der Waals surface area contributed by atoms with Gasteiger partial charge in [-0.1, -0.05) is 30.1 Å². The van der Waals surface area contributed by atoms with Crippen LogP contribution in [0.25, 0.3) is 0 Å². The van der Waals surface area contributed by atoms with E-state index in [1.165, 1.54) is 30.3 Å². The van der Waals surface area contributed by atoms with E-state index in [1.807, 2.05) is 6.92 Å². The van der Waals surface area contributed by atoms with E-state index in [9.17, 15) is 8.42 Å². The minimum atomic E-state index is -3.75. The molecule has 2 aromatic carbocycles. The second-order valence-corrected chi connectivity index (χ2v) is 8.13. The predicted molar refractivity (Wildman–Crippen MR) is 108 cm³/mol. The van der Waals surface area contributed by atoms with E-state index in [1.54, 1.807) is 12.1 Å². The first kappa shape index (κ1) is 19.8. The Kier molecular flexibility index (Phi) is 6.89. The van der Waals surface area contributed by atoms with Crippen molar-refractivity contribution in [2.24, 2.45) is 0 Å². The first-order valence-corrected chi connectivity index (χ1v) is 10.1. The lowest BCUT2D eigenvalue weighted by Gasteiger charge is -2.11. The molecule has 5 nitrogen and oxygen atoms in total. The van der Waals surface area contributed by atoms with Crippen LogP contribution in [0.5, 0.6) is 0 Å². The molecule has 0 unspecified atom stereocenters. The van der Waals surface area contributed by atoms with Gasteiger partial charge in [-0.2, -0.15) is 0 Å². The third-order valence-electron chi connectivity index (χ3n) is 3.07. The third kappa shape index (κ3) is 6.04. The van der Waals surface area contributed by atoms with Crippen LogP contribution in [0, 0.1) is 0 Å². The zero-order valence-corrected chi connectivity index (χ0v) is 16.5. The summed E-state index contributed by atoms with van der Waals surface area (Å²) in [6.45, 7) is 2.81. The van der Waals surface area contributed by atoms with Gasteiger partial charge < -0.3 is 10.6 Å². The molecule has 0 fully saturated rings. The highest BCUT2D eigenvalue weighted by atomic mass is 35.5. The van der Waals surface area contributed by atoms with Crippen molar-refractivity contribution in [3.05, 3.63) is 52.5 Å². The van der Waals surface area contributed by atoms with Crippen molar-refractivity contribution < 1.29 is 8.42 Å². The molecule has 0 atom stereocenters. The van der Waals surface area contributed by atoms with Gasteiger partial charge in [0.05, 0.1) is 10.6 Å². The number of hydrogen-bond donors (Lipinski definition) is 3. The van der Waals surface area contributed by atoms with E-state index >= 15 is 0 Å². The zero-order chi connectivity index (χ0) is 18.4. The number of benzene rings is 2. The number of thiocarbonyl (C=S) groups is 1. The fraction of sp³-hybridized carbons (Fsp3) is 0.188. The maximum atomic E-state index is 12.4. The topological polar surface area (TPSA) is 70.2 Å². The van der Waals surface area contributed by atoms with Crippen molar-refractivity contribution in [1.29, 1.82) is 0 Å². The molecule has 0 spiro atoms. The molecule has 2 aromatic rings. The maximum absolute atomic E-state index is 12.4. The molecule has 0 saturated heterocycles. The largest absolute Gasteiger partial charge is 0.362 e. The van der Waals surface area contributed by atoms with Gasteiger partial charge in [0.1, 0.15) is 0 Å². The molecule has 0 aliphatic rings. The minimum Gasteiger partial charge on any atom is -0.362 e. The van der Waals surface area contributed by atoms with Crippen molar-refractivity contribution in [2.45, 2.75) is 18.2 Å². The van der Waals surface area contributed by atoms with Crippen LogP contribution in [0.15, 0.2) is 47.4 Å². The molecule has 2 rings (SSSR count). The van der Waals surface area contributed by atoms with Gasteiger partial charge in [-0.15, -0.1) is 0 Å². The second-order valence-electron chi connectivity index (χ2n) is 5.17. The SMILES string of the molecule is CCCNC(=S)Nc1ccc(S(=O)(=O)Nc2cc(Cl)cc(Cl)c2)cc1. The van der Waals surface area contributed by atoms with E-state index in [4.69, 9.17) is 35.4 Å². The zero-order valence-electron chi connectivity index (χ0n) is 13.3. The molecule has 0 aromatic heterocycles. The van der Waals surface area contributed by atoms with E-state index in [2.05, 4.69) is 15.4 Å². The van der Waals surface area contributed by atoms with Gasteiger partial charge in [0.25, 0.3) is 10.0 Å². The molecule has 0 aliphatic heterocycles. The Balaban J connectivity index is 2.10. The second kappa shape index (κ2) is 8.71. The van der Waals surface area contributed by atoms with E-state index in [-0.39, 0.29) is 4.90 Å². The van der Waals surface area contributed by atoms with Crippen LogP contribution in [0.1, 0.15) is 13.3 Å². The molecular formula is C16H17Cl2N3O2S2. The highest BCUT2D eigenvalue weighted by molar-refractivity contribution is 7.92. The fourth-order valence-corrected chi connectivity index (χ4v) is 3.74. The quantitative estimate of drug-likeness (QED) is 0.603. The van der Waals surface area contributed by atoms with Gasteiger partial charge in [0, 0.05) is 22.3 Å². The van der Waals surface area contributed by atoms with Gasteiger partial charge in [0.2, 0.25) is 0 Å². The van der Waals surface area contributed by atoms with Gasteiger partial charge in [0.15, 0.2) is 5.11 Å². The summed E-state index contributed by atoms with van der Waals surface area (Å²) in [6.07, 6.45) is 0.957. The van der Waals surface area contributed by atoms with Crippen molar-refractivity contribution >= 4 is 61.9 Å². The molecule has 0 bridgehead atoms. The average Bonchev–Trinajstić information content (AvgIpc) is 2.52. The maximum Gasteiger partial charge on any atom is 0.261 e. The smallest absolute Gasteiger partial charge is 0.261 e. The lowest BCUT2D eigenvalue weighted by Crippen LogP contribution is -2.28. The van der Waals surface area contributed by atoms with Gasteiger partial charge in [-0.05, 0) is 61.1 Å². The Hall–Kier alpha value is -1.54. The van der Waals surface area contributed by atoms with Gasteiger partial charge in [-0.3, -0.25) is 4.72 Å². The predicted octanol–water partition coefficient (Wildman–Crippen LogP) is 4.49. The Labute approximate surface area is 162 Å². The molecule has 134 valence electrons. The van der Waals surface area contributed by atoms with Crippen LogP contribution < -0.4 is 15.4 Å². The van der Waals surface area contributed by atoms with Crippen LogP contribution in [0.2, 0.25) is 10.0 Å². The lowest BCUT2D eigenvalue weighted by molar-refractivity contribution is 0.601. The van der Waals surface area contributed by atoms with Crippen molar-refractivity contribution in [2.75, 3.05) is 16.6 Å². The first-order valence-electron chi connectivity index (χ1n) is 7.44. The number of rotatable bonds is 6. The molecule has 0 amide bonds. The van der Waals surface area contributed by atoms with E-state index in [0.717, 1.165) is 13.0 Å². The summed E-state index contributed by atoms with van der Waals surface area (Å²) < 4.78 is 27.3. The lowest BCUT2D eigenvalue weighted by atomic mass is 10.3.